The number of thiophene rings is 1. The molecule has 0 radical (unpaired) electrons. The molecule has 1 N–H and O–H groups in total. The van der Waals surface area contributed by atoms with Crippen LogP contribution < -0.4 is 4.72 Å². The van der Waals surface area contributed by atoms with Gasteiger partial charge in [-0.05, 0) is 67.0 Å². The van der Waals surface area contributed by atoms with E-state index in [2.05, 4.69) is 25.5 Å². The maximum Gasteiger partial charge on any atom is 0.344 e. The fourth-order valence-corrected chi connectivity index (χ4v) is 6.52. The highest BCUT2D eigenvalue weighted by Crippen LogP contribution is 2.35. The summed E-state index contributed by atoms with van der Waals surface area (Å²) in [7, 11) is -3.77. The number of anilines is 1. The van der Waals surface area contributed by atoms with Crippen LogP contribution in [0.15, 0.2) is 40.6 Å². The molecule has 0 spiro atoms. The molecule has 1 heterocycles. The zero-order valence-electron chi connectivity index (χ0n) is 18.7. The van der Waals surface area contributed by atoms with E-state index in [9.17, 15) is 18.0 Å². The molecule has 33 heavy (non-hydrogen) atoms. The van der Waals surface area contributed by atoms with Gasteiger partial charge in [0.2, 0.25) is 0 Å². The Morgan fingerprint density at radius 3 is 2.45 bits per heavy atom. The summed E-state index contributed by atoms with van der Waals surface area (Å²) < 4.78 is 38.3. The van der Waals surface area contributed by atoms with E-state index in [0.29, 0.717) is 22.1 Å². The first-order valence-electron chi connectivity index (χ1n) is 10.8. The van der Waals surface area contributed by atoms with Crippen LogP contribution in [0.2, 0.25) is 4.34 Å². The van der Waals surface area contributed by atoms with Crippen molar-refractivity contribution in [2.24, 2.45) is 17.8 Å². The van der Waals surface area contributed by atoms with Crippen LogP contribution in [0, 0.1) is 17.8 Å². The molecule has 3 unspecified atom stereocenters. The molecule has 3 rings (SSSR count). The standard InChI is InChI=1S/C23H28ClNO6S2/c1-14(2)18-9-4-15(3)12-19(18)31-21(26)13-30-23(27)16-5-7-17(8-6-16)25-33(28,29)22-11-10-20(24)32-22/h5-8,10-11,14-15,18-19,25H,4,9,12-13H2,1-3H3. The van der Waals surface area contributed by atoms with Crippen LogP contribution in [0.4, 0.5) is 5.69 Å². The van der Waals surface area contributed by atoms with Gasteiger partial charge in [0.1, 0.15) is 10.3 Å². The minimum absolute atomic E-state index is 0.0848. The van der Waals surface area contributed by atoms with E-state index >= 15 is 0 Å². The lowest BCUT2D eigenvalue weighted by atomic mass is 9.75. The number of sulfonamides is 1. The predicted molar refractivity (Wildman–Crippen MR) is 128 cm³/mol. The molecule has 10 heteroatoms. The second kappa shape index (κ2) is 10.9. The molecule has 0 aliphatic heterocycles. The van der Waals surface area contributed by atoms with E-state index in [0.717, 1.165) is 30.6 Å². The van der Waals surface area contributed by atoms with Crippen LogP contribution >= 0.6 is 22.9 Å². The molecule has 180 valence electrons. The lowest BCUT2D eigenvalue weighted by molar-refractivity contribution is -0.159. The van der Waals surface area contributed by atoms with Crippen LogP contribution in [0.5, 0.6) is 0 Å². The zero-order chi connectivity index (χ0) is 24.2. The quantitative estimate of drug-likeness (QED) is 0.477. The van der Waals surface area contributed by atoms with E-state index in [4.69, 9.17) is 21.1 Å². The number of hydrogen-bond donors (Lipinski definition) is 1. The van der Waals surface area contributed by atoms with Gasteiger partial charge in [-0.15, -0.1) is 11.3 Å². The topological polar surface area (TPSA) is 98.8 Å². The summed E-state index contributed by atoms with van der Waals surface area (Å²) in [5.41, 5.74) is 0.470. The third-order valence-electron chi connectivity index (χ3n) is 5.75. The summed E-state index contributed by atoms with van der Waals surface area (Å²) >= 11 is 6.74. The van der Waals surface area contributed by atoms with Gasteiger partial charge in [0.15, 0.2) is 6.61 Å². The Bertz CT molecular complexity index is 1080. The first-order valence-corrected chi connectivity index (χ1v) is 13.5. The summed E-state index contributed by atoms with van der Waals surface area (Å²) in [6.07, 6.45) is 2.80. The van der Waals surface area contributed by atoms with Crippen molar-refractivity contribution in [1.29, 1.82) is 0 Å². The number of benzene rings is 1. The maximum atomic E-state index is 12.4. The summed E-state index contributed by atoms with van der Waals surface area (Å²) in [4.78, 5) is 24.6. The van der Waals surface area contributed by atoms with Crippen molar-refractivity contribution in [3.05, 3.63) is 46.3 Å². The molecule has 3 atom stereocenters. The van der Waals surface area contributed by atoms with Gasteiger partial charge in [-0.2, -0.15) is 0 Å². The third-order valence-corrected chi connectivity index (χ3v) is 8.86. The summed E-state index contributed by atoms with van der Waals surface area (Å²) in [6.45, 7) is 5.93. The Morgan fingerprint density at radius 2 is 1.85 bits per heavy atom. The first-order chi connectivity index (χ1) is 15.5. The van der Waals surface area contributed by atoms with Gasteiger partial charge in [0.25, 0.3) is 10.0 Å². The number of ether oxygens (including phenoxy) is 2. The van der Waals surface area contributed by atoms with Gasteiger partial charge in [-0.3, -0.25) is 4.72 Å². The fourth-order valence-electron chi connectivity index (χ4n) is 3.98. The van der Waals surface area contributed by atoms with Crippen molar-refractivity contribution in [1.82, 2.24) is 0 Å². The van der Waals surface area contributed by atoms with Crippen molar-refractivity contribution in [2.45, 2.75) is 50.3 Å². The van der Waals surface area contributed by atoms with E-state index in [1.165, 1.54) is 36.4 Å². The molecule has 1 aliphatic rings. The number of nitrogens with one attached hydrogen (secondary N) is 1. The Kier molecular flexibility index (Phi) is 8.42. The average Bonchev–Trinajstić information content (AvgIpc) is 3.19. The Morgan fingerprint density at radius 1 is 1.15 bits per heavy atom. The Balaban J connectivity index is 1.52. The minimum Gasteiger partial charge on any atom is -0.460 e. The highest BCUT2D eigenvalue weighted by Gasteiger charge is 2.33. The predicted octanol–water partition coefficient (Wildman–Crippen LogP) is 5.36. The third kappa shape index (κ3) is 6.94. The normalized spacial score (nSPS) is 20.9. The molecule has 0 amide bonds. The number of halogens is 1. The van der Waals surface area contributed by atoms with Gasteiger partial charge >= 0.3 is 11.9 Å². The van der Waals surface area contributed by atoms with Crippen molar-refractivity contribution in [3.8, 4) is 0 Å². The highest BCUT2D eigenvalue weighted by molar-refractivity contribution is 7.94. The van der Waals surface area contributed by atoms with Crippen molar-refractivity contribution >= 4 is 50.6 Å². The van der Waals surface area contributed by atoms with Gasteiger partial charge in [-0.1, -0.05) is 38.8 Å². The zero-order valence-corrected chi connectivity index (χ0v) is 21.1. The fraction of sp³-hybridized carbons (Fsp3) is 0.478. The molecule has 1 aromatic carbocycles. The summed E-state index contributed by atoms with van der Waals surface area (Å²) in [5, 5.41) is 0. The van der Waals surface area contributed by atoms with Crippen LogP contribution in [0.25, 0.3) is 0 Å². The summed E-state index contributed by atoms with van der Waals surface area (Å²) in [5.74, 6) is -0.0445. The van der Waals surface area contributed by atoms with E-state index in [1.807, 2.05) is 0 Å². The average molecular weight is 514 g/mol. The highest BCUT2D eigenvalue weighted by atomic mass is 35.5. The lowest BCUT2D eigenvalue weighted by Crippen LogP contribution is -2.36. The van der Waals surface area contributed by atoms with Crippen LogP contribution in [-0.2, 0) is 24.3 Å². The van der Waals surface area contributed by atoms with Crippen LogP contribution in [-0.4, -0.2) is 33.1 Å². The monoisotopic (exact) mass is 513 g/mol. The Labute approximate surface area is 203 Å². The SMILES string of the molecule is CC1CCC(C(C)C)C(OC(=O)COC(=O)c2ccc(NS(=O)(=O)c3ccc(Cl)s3)cc2)C1. The van der Waals surface area contributed by atoms with Crippen molar-refractivity contribution < 1.29 is 27.5 Å². The smallest absolute Gasteiger partial charge is 0.344 e. The van der Waals surface area contributed by atoms with Crippen LogP contribution in [0.3, 0.4) is 0 Å². The second-order valence-electron chi connectivity index (χ2n) is 8.67. The molecule has 1 saturated carbocycles. The minimum atomic E-state index is -3.77. The molecular weight excluding hydrogens is 486 g/mol. The number of carbonyl (C=O) groups excluding carboxylic acids is 2. The van der Waals surface area contributed by atoms with Crippen molar-refractivity contribution in [3.63, 3.8) is 0 Å². The number of hydrogen-bond acceptors (Lipinski definition) is 7. The molecule has 1 aliphatic carbocycles. The number of rotatable bonds is 8. The maximum absolute atomic E-state index is 12.4. The van der Waals surface area contributed by atoms with E-state index in [-0.39, 0.29) is 21.6 Å². The molecule has 1 aromatic heterocycles. The number of esters is 2. The molecule has 7 nitrogen and oxygen atoms in total. The molecule has 0 saturated heterocycles. The van der Waals surface area contributed by atoms with E-state index < -0.39 is 28.6 Å². The molecule has 0 bridgehead atoms. The molecule has 1 fully saturated rings. The van der Waals surface area contributed by atoms with Crippen molar-refractivity contribution in [2.75, 3.05) is 11.3 Å². The largest absolute Gasteiger partial charge is 0.460 e. The Hall–Kier alpha value is -2.10. The first kappa shape index (κ1) is 25.5. The molecular formula is C23H28ClNO6S2. The van der Waals surface area contributed by atoms with Gasteiger partial charge in [-0.25, -0.2) is 18.0 Å². The van der Waals surface area contributed by atoms with Gasteiger partial charge < -0.3 is 9.47 Å². The lowest BCUT2D eigenvalue weighted by Gasteiger charge is -2.36. The number of carbonyl (C=O) groups is 2. The summed E-state index contributed by atoms with van der Waals surface area (Å²) in [6, 6.07) is 8.64. The van der Waals surface area contributed by atoms with E-state index in [1.54, 1.807) is 0 Å². The van der Waals surface area contributed by atoms with Crippen LogP contribution in [0.1, 0.15) is 50.4 Å². The van der Waals surface area contributed by atoms with Gasteiger partial charge in [0, 0.05) is 5.69 Å². The second-order valence-corrected chi connectivity index (χ2v) is 12.3. The molecule has 2 aromatic rings. The van der Waals surface area contributed by atoms with Gasteiger partial charge in [0.05, 0.1) is 9.90 Å².